The van der Waals surface area contributed by atoms with Gasteiger partial charge in [-0.25, -0.2) is 0 Å². The Bertz CT molecular complexity index is 57.1. The van der Waals surface area contributed by atoms with Gasteiger partial charge in [0.05, 0.1) is 3.74 Å². The lowest BCUT2D eigenvalue weighted by molar-refractivity contribution is 0.797. The quantitative estimate of drug-likeness (QED) is 0.637. The third-order valence-corrected chi connectivity index (χ3v) is 1.96. The average molecular weight is 228 g/mol. The van der Waals surface area contributed by atoms with Gasteiger partial charge < -0.3 is 0 Å². The molecule has 1 saturated carbocycles. The zero-order valence-corrected chi connectivity index (χ0v) is 7.20. The molecule has 0 radical (unpaired) electrons. The summed E-state index contributed by atoms with van der Waals surface area (Å²) in [4.78, 5) is 0. The molecular weight excluding hydrogens is 220 g/mol. The van der Waals surface area contributed by atoms with Crippen LogP contribution in [-0.2, 0) is 0 Å². The molecule has 1 fully saturated rings. The maximum absolute atomic E-state index is 3.43. The number of rotatable bonds is 2. The summed E-state index contributed by atoms with van der Waals surface area (Å²) in [6.45, 7) is 0. The first-order valence-electron chi connectivity index (χ1n) is 2.57. The fourth-order valence-electron chi connectivity index (χ4n) is 0.606. The molecule has 0 spiro atoms. The van der Waals surface area contributed by atoms with Crippen molar-refractivity contribution in [3.8, 4) is 0 Å². The van der Waals surface area contributed by atoms with Gasteiger partial charge in [0.25, 0.3) is 0 Å². The van der Waals surface area contributed by atoms with Crippen LogP contribution in [-0.4, -0.2) is 3.74 Å². The van der Waals surface area contributed by atoms with E-state index in [1.54, 1.807) is 0 Å². The molecule has 0 atom stereocenters. The largest absolute Gasteiger partial charge is 0.0765 e. The highest BCUT2D eigenvalue weighted by atomic mass is 79.9. The molecule has 42 valence electrons. The smallest absolute Gasteiger partial charge is 0.0700 e. The van der Waals surface area contributed by atoms with Gasteiger partial charge in [0.2, 0.25) is 0 Å². The fourth-order valence-corrected chi connectivity index (χ4v) is 1.66. The molecule has 7 heavy (non-hydrogen) atoms. The Labute approximate surface area is 60.9 Å². The Morgan fingerprint density at radius 3 is 2.14 bits per heavy atom. The van der Waals surface area contributed by atoms with Crippen LogP contribution in [0.5, 0.6) is 0 Å². The maximum atomic E-state index is 3.43. The number of halogens is 2. The molecule has 1 aliphatic rings. The lowest BCUT2D eigenvalue weighted by Gasteiger charge is -1.93. The molecule has 0 aromatic rings. The second-order valence-corrected chi connectivity index (χ2v) is 5.51. The van der Waals surface area contributed by atoms with Crippen molar-refractivity contribution in [1.29, 1.82) is 0 Å². The number of hydrogen-bond acceptors (Lipinski definition) is 0. The molecule has 0 N–H and O–H groups in total. The number of alkyl halides is 2. The predicted octanol–water partition coefficient (Wildman–Crippen LogP) is 2.90. The lowest BCUT2D eigenvalue weighted by atomic mass is 10.3. The van der Waals surface area contributed by atoms with Crippen LogP contribution >= 0.6 is 31.9 Å². The van der Waals surface area contributed by atoms with Crippen molar-refractivity contribution in [1.82, 2.24) is 0 Å². The Morgan fingerprint density at radius 2 is 2.00 bits per heavy atom. The molecule has 0 aromatic heterocycles. The van der Waals surface area contributed by atoms with Gasteiger partial charge in [0.15, 0.2) is 0 Å². The summed E-state index contributed by atoms with van der Waals surface area (Å²) in [6, 6.07) is 0. The Kier molecular flexibility index (Phi) is 2.17. The minimum atomic E-state index is 0.562. The molecule has 2 heteroatoms. The van der Waals surface area contributed by atoms with E-state index in [4.69, 9.17) is 0 Å². The van der Waals surface area contributed by atoms with E-state index in [0.29, 0.717) is 3.74 Å². The minimum Gasteiger partial charge on any atom is -0.0765 e. The normalized spacial score (nSPS) is 21.0. The van der Waals surface area contributed by atoms with E-state index in [-0.39, 0.29) is 0 Å². The summed E-state index contributed by atoms with van der Waals surface area (Å²) in [5, 5.41) is 0. The molecule has 0 nitrogen and oxygen atoms in total. The maximum Gasteiger partial charge on any atom is 0.0700 e. The first-order valence-corrected chi connectivity index (χ1v) is 4.40. The molecule has 0 amide bonds. The van der Waals surface area contributed by atoms with E-state index in [1.165, 1.54) is 19.3 Å². The van der Waals surface area contributed by atoms with Gasteiger partial charge in [-0.1, -0.05) is 44.7 Å². The highest BCUT2D eigenvalue weighted by molar-refractivity contribution is 9.24. The second-order valence-electron chi connectivity index (χ2n) is 2.07. The van der Waals surface area contributed by atoms with Crippen molar-refractivity contribution in [3.63, 3.8) is 0 Å². The first-order chi connectivity index (χ1) is 3.29. The predicted molar refractivity (Wildman–Crippen MR) is 39.0 cm³/mol. The van der Waals surface area contributed by atoms with E-state index in [9.17, 15) is 0 Å². The fraction of sp³-hybridized carbons (Fsp3) is 1.00. The van der Waals surface area contributed by atoms with Gasteiger partial charge in [0, 0.05) is 0 Å². The topological polar surface area (TPSA) is 0 Å². The van der Waals surface area contributed by atoms with Gasteiger partial charge in [-0.2, -0.15) is 0 Å². The van der Waals surface area contributed by atoms with Crippen molar-refractivity contribution in [2.75, 3.05) is 0 Å². The monoisotopic (exact) mass is 226 g/mol. The SMILES string of the molecule is BrC(Br)CC1CC1. The molecule has 1 rings (SSSR count). The van der Waals surface area contributed by atoms with Crippen LogP contribution in [0.15, 0.2) is 0 Å². The number of hydrogen-bond donors (Lipinski definition) is 0. The Morgan fingerprint density at radius 1 is 1.43 bits per heavy atom. The van der Waals surface area contributed by atoms with Crippen LogP contribution < -0.4 is 0 Å². The highest BCUT2D eigenvalue weighted by Gasteiger charge is 2.22. The van der Waals surface area contributed by atoms with Crippen LogP contribution in [0.3, 0.4) is 0 Å². The van der Waals surface area contributed by atoms with Crippen molar-refractivity contribution >= 4 is 31.9 Å². The summed E-state index contributed by atoms with van der Waals surface area (Å²) in [5.41, 5.74) is 0. The lowest BCUT2D eigenvalue weighted by Crippen LogP contribution is -1.84. The standard InChI is InChI=1S/C5H8Br2/c6-5(7)3-4-1-2-4/h4-5H,1-3H2. The van der Waals surface area contributed by atoms with E-state index >= 15 is 0 Å². The molecular formula is C5H8Br2. The summed E-state index contributed by atoms with van der Waals surface area (Å²) in [5.74, 6) is 1.03. The van der Waals surface area contributed by atoms with Crippen molar-refractivity contribution < 1.29 is 0 Å². The third kappa shape index (κ3) is 2.70. The summed E-state index contributed by atoms with van der Waals surface area (Å²) >= 11 is 6.86. The molecule has 0 heterocycles. The van der Waals surface area contributed by atoms with Crippen LogP contribution in [0.4, 0.5) is 0 Å². The van der Waals surface area contributed by atoms with Crippen molar-refractivity contribution in [2.24, 2.45) is 5.92 Å². The van der Waals surface area contributed by atoms with Gasteiger partial charge in [-0.15, -0.1) is 0 Å². The van der Waals surface area contributed by atoms with E-state index in [0.717, 1.165) is 5.92 Å². The van der Waals surface area contributed by atoms with E-state index in [2.05, 4.69) is 31.9 Å². The second kappa shape index (κ2) is 2.49. The van der Waals surface area contributed by atoms with Crippen molar-refractivity contribution in [2.45, 2.75) is 23.0 Å². The summed E-state index contributed by atoms with van der Waals surface area (Å²) in [7, 11) is 0. The molecule has 1 aliphatic carbocycles. The summed E-state index contributed by atoms with van der Waals surface area (Å²) < 4.78 is 0.562. The van der Waals surface area contributed by atoms with Gasteiger partial charge in [-0.05, 0) is 12.3 Å². The van der Waals surface area contributed by atoms with E-state index < -0.39 is 0 Å². The van der Waals surface area contributed by atoms with Crippen LogP contribution in [0.1, 0.15) is 19.3 Å². The van der Waals surface area contributed by atoms with Crippen LogP contribution in [0, 0.1) is 5.92 Å². The molecule has 0 saturated heterocycles. The summed E-state index contributed by atoms with van der Waals surface area (Å²) in [6.07, 6.45) is 4.21. The molecule has 0 aromatic carbocycles. The zero-order chi connectivity index (χ0) is 5.28. The molecule has 0 bridgehead atoms. The molecule has 0 unspecified atom stereocenters. The Balaban J connectivity index is 1.97. The third-order valence-electron chi connectivity index (χ3n) is 1.21. The van der Waals surface area contributed by atoms with Crippen LogP contribution in [0.2, 0.25) is 0 Å². The van der Waals surface area contributed by atoms with Crippen molar-refractivity contribution in [3.05, 3.63) is 0 Å². The first kappa shape index (κ1) is 6.09. The zero-order valence-electron chi connectivity index (χ0n) is 4.03. The Hall–Kier alpha value is 0.960. The van der Waals surface area contributed by atoms with Gasteiger partial charge in [-0.3, -0.25) is 0 Å². The van der Waals surface area contributed by atoms with Crippen LogP contribution in [0.25, 0.3) is 0 Å². The highest BCUT2D eigenvalue weighted by Crippen LogP contribution is 2.36. The minimum absolute atomic E-state index is 0.562. The average Bonchev–Trinajstić information content (AvgIpc) is 2.17. The molecule has 0 aliphatic heterocycles. The van der Waals surface area contributed by atoms with Gasteiger partial charge in [0.1, 0.15) is 0 Å². The van der Waals surface area contributed by atoms with E-state index in [1.807, 2.05) is 0 Å². The van der Waals surface area contributed by atoms with Gasteiger partial charge >= 0.3 is 0 Å².